The van der Waals surface area contributed by atoms with Gasteiger partial charge in [-0.05, 0) is 95.5 Å². The topological polar surface area (TPSA) is 164 Å². The highest BCUT2D eigenvalue weighted by atomic mass is 35.5. The largest absolute Gasteiger partial charge is 0.462 e. The van der Waals surface area contributed by atoms with Gasteiger partial charge in [0, 0.05) is 59.0 Å². The first kappa shape index (κ1) is 49.0. The number of hydrogen-bond donors (Lipinski definition) is 1. The van der Waals surface area contributed by atoms with Crippen LogP contribution in [0.15, 0.2) is 23.3 Å². The summed E-state index contributed by atoms with van der Waals surface area (Å²) >= 11 is 6.56. The van der Waals surface area contributed by atoms with Crippen molar-refractivity contribution in [3.63, 3.8) is 0 Å². The highest BCUT2D eigenvalue weighted by Crippen LogP contribution is 2.39. The molecule has 1 saturated carbocycles. The van der Waals surface area contributed by atoms with Crippen molar-refractivity contribution in [1.29, 1.82) is 0 Å². The summed E-state index contributed by atoms with van der Waals surface area (Å²) in [6, 6.07) is -1.15. The van der Waals surface area contributed by atoms with E-state index in [1.807, 2.05) is 32.9 Å². The van der Waals surface area contributed by atoms with Gasteiger partial charge in [-0.2, -0.15) is 0 Å². The number of carbonyl (C=O) groups is 5. The van der Waals surface area contributed by atoms with Gasteiger partial charge in [0.1, 0.15) is 30.1 Å². The number of piperidine rings is 1. The van der Waals surface area contributed by atoms with Crippen molar-refractivity contribution >= 4 is 41.0 Å². The summed E-state index contributed by atoms with van der Waals surface area (Å²) in [5.41, 5.74) is 1.67. The Morgan fingerprint density at radius 2 is 1.59 bits per heavy atom. The second kappa shape index (κ2) is 21.9. The minimum absolute atomic E-state index is 0.0176. The molecule has 2 saturated heterocycles. The fourth-order valence-corrected chi connectivity index (χ4v) is 10.0. The fraction of sp³-hybridized carbons (Fsp3) is 0.800. The lowest BCUT2D eigenvalue weighted by Crippen LogP contribution is -2.64. The lowest BCUT2D eigenvalue weighted by molar-refractivity contribution is -0.302. The van der Waals surface area contributed by atoms with Crippen molar-refractivity contribution < 1.29 is 57.5 Å². The molecule has 13 nitrogen and oxygen atoms in total. The van der Waals surface area contributed by atoms with Crippen molar-refractivity contribution in [2.75, 3.05) is 27.9 Å². The normalized spacial score (nSPS) is 39.9. The van der Waals surface area contributed by atoms with Gasteiger partial charge >= 0.3 is 11.9 Å². The molecule has 1 amide bonds. The summed E-state index contributed by atoms with van der Waals surface area (Å²) in [7, 11) is 4.69. The molecule has 0 aromatic carbocycles. The molecular formula is C45H70ClNO12. The van der Waals surface area contributed by atoms with E-state index in [4.69, 9.17) is 40.0 Å². The highest BCUT2D eigenvalue weighted by Gasteiger charge is 2.56. The van der Waals surface area contributed by atoms with Gasteiger partial charge in [0.15, 0.2) is 0 Å². The first-order valence-electron chi connectivity index (χ1n) is 21.6. The Kier molecular flexibility index (Phi) is 18.2. The maximum atomic E-state index is 14.5. The van der Waals surface area contributed by atoms with Gasteiger partial charge in [-0.25, -0.2) is 4.79 Å². The van der Waals surface area contributed by atoms with E-state index in [0.717, 1.165) is 18.4 Å². The first-order valence-corrected chi connectivity index (χ1v) is 22.1. The summed E-state index contributed by atoms with van der Waals surface area (Å²) in [5, 5.41) is 11.9. The fourth-order valence-electron chi connectivity index (χ4n) is 9.71. The zero-order chi connectivity index (χ0) is 43.8. The van der Waals surface area contributed by atoms with Gasteiger partial charge in [0.25, 0.3) is 11.7 Å². The molecule has 1 aliphatic carbocycles. The van der Waals surface area contributed by atoms with Gasteiger partial charge < -0.3 is 38.4 Å². The predicted molar refractivity (Wildman–Crippen MR) is 221 cm³/mol. The number of alkyl halides is 1. The average Bonchev–Trinajstić information content (AvgIpc) is 3.20. The molecule has 2 bridgehead atoms. The van der Waals surface area contributed by atoms with Crippen LogP contribution >= 0.6 is 11.6 Å². The molecular weight excluding hydrogens is 782 g/mol. The summed E-state index contributed by atoms with van der Waals surface area (Å²) in [5.74, 6) is -8.06. The third kappa shape index (κ3) is 12.0. The van der Waals surface area contributed by atoms with Crippen molar-refractivity contribution in [2.45, 2.75) is 173 Å². The van der Waals surface area contributed by atoms with Crippen LogP contribution in [0.5, 0.6) is 0 Å². The number of allylic oxidation sites excluding steroid dienone is 3. The lowest BCUT2D eigenvalue weighted by Gasteiger charge is -2.47. The number of halogens is 1. The van der Waals surface area contributed by atoms with E-state index in [0.29, 0.717) is 44.1 Å². The Bertz CT molecular complexity index is 1550. The number of carbonyl (C=O) groups excluding carboxylic acids is 5. The van der Waals surface area contributed by atoms with Gasteiger partial charge in [0.05, 0.1) is 23.7 Å². The quantitative estimate of drug-likeness (QED) is 0.132. The molecule has 14 heteroatoms. The molecule has 3 fully saturated rings. The van der Waals surface area contributed by atoms with Gasteiger partial charge in [0.2, 0.25) is 5.79 Å². The Hall–Kier alpha value is -2.68. The van der Waals surface area contributed by atoms with Crippen LogP contribution in [0.3, 0.4) is 0 Å². The van der Waals surface area contributed by atoms with Crippen molar-refractivity contribution in [3.8, 4) is 0 Å². The molecule has 0 radical (unpaired) electrons. The van der Waals surface area contributed by atoms with Crippen molar-refractivity contribution in [1.82, 2.24) is 4.90 Å². The number of fused-ring (bicyclic) bond motifs is 3. The van der Waals surface area contributed by atoms with E-state index in [9.17, 15) is 29.1 Å². The Morgan fingerprint density at radius 3 is 2.22 bits per heavy atom. The molecule has 1 unspecified atom stereocenters. The van der Waals surface area contributed by atoms with Crippen LogP contribution in [-0.4, -0.2) is 121 Å². The average molecular weight is 853 g/mol. The number of methoxy groups -OCH3 is 3. The van der Waals surface area contributed by atoms with Crippen LogP contribution in [0, 0.1) is 29.6 Å². The molecule has 0 aromatic heterocycles. The first-order chi connectivity index (χ1) is 27.9. The maximum absolute atomic E-state index is 14.5. The maximum Gasteiger partial charge on any atom is 0.329 e. The third-order valence-electron chi connectivity index (χ3n) is 13.1. The number of ketones is 2. The van der Waals surface area contributed by atoms with Crippen LogP contribution in [-0.2, 0) is 52.4 Å². The summed E-state index contributed by atoms with van der Waals surface area (Å²) < 4.78 is 36.0. The van der Waals surface area contributed by atoms with Gasteiger partial charge in [-0.15, -0.1) is 11.6 Å². The lowest BCUT2D eigenvalue weighted by atomic mass is 9.82. The van der Waals surface area contributed by atoms with Crippen LogP contribution in [0.1, 0.15) is 119 Å². The number of amides is 1. The number of cyclic esters (lactones) is 1. The van der Waals surface area contributed by atoms with E-state index >= 15 is 0 Å². The van der Waals surface area contributed by atoms with Gasteiger partial charge in [-0.3, -0.25) is 19.2 Å². The Labute approximate surface area is 356 Å². The number of hydrogen-bond acceptors (Lipinski definition) is 12. The summed E-state index contributed by atoms with van der Waals surface area (Å²) in [6.07, 6.45) is 5.06. The number of aliphatic hydroxyl groups is 1. The Morgan fingerprint density at radius 1 is 0.932 bits per heavy atom. The van der Waals surface area contributed by atoms with Crippen LogP contribution in [0.4, 0.5) is 0 Å². The molecule has 14 atom stereocenters. The SMILES string of the molecule is CC[C@@H]1/C=C(\C)C[C@H](C)C[C@H](OC)[C@H]2O[C@@](O)(C(=O)C(=O)N3CCCC[C@H]3C(=O)O[C@H](/C(C)=C/C3CC[C@H](Cl)[C@H](OC)C3)[C@@H](C)[C@@H](OC(C)=O)CC1=O)[C@H](C)C[C@@H]2OC. The van der Waals surface area contributed by atoms with Crippen molar-refractivity contribution in [3.05, 3.63) is 23.3 Å². The van der Waals surface area contributed by atoms with E-state index in [-0.39, 0.29) is 54.9 Å². The molecule has 59 heavy (non-hydrogen) atoms. The van der Waals surface area contributed by atoms with Crippen LogP contribution in [0.25, 0.3) is 0 Å². The molecule has 1 N–H and O–H groups in total. The minimum Gasteiger partial charge on any atom is -0.462 e. The van der Waals surface area contributed by atoms with E-state index in [1.165, 1.54) is 26.0 Å². The second-order valence-corrected chi connectivity index (χ2v) is 18.2. The number of nitrogens with zero attached hydrogens (tertiary/aromatic N) is 1. The molecule has 0 spiro atoms. The van der Waals surface area contributed by atoms with Crippen LogP contribution < -0.4 is 0 Å². The van der Waals surface area contributed by atoms with Crippen molar-refractivity contribution in [2.24, 2.45) is 29.6 Å². The monoisotopic (exact) mass is 851 g/mol. The second-order valence-electron chi connectivity index (χ2n) is 17.7. The molecule has 334 valence electrons. The highest BCUT2D eigenvalue weighted by molar-refractivity contribution is 6.39. The van der Waals surface area contributed by atoms with Gasteiger partial charge in [-0.1, -0.05) is 45.4 Å². The van der Waals surface area contributed by atoms with E-state index in [2.05, 4.69) is 6.92 Å². The number of esters is 2. The number of ether oxygens (including phenoxy) is 6. The smallest absolute Gasteiger partial charge is 0.329 e. The molecule has 4 aliphatic rings. The third-order valence-corrected chi connectivity index (χ3v) is 13.6. The summed E-state index contributed by atoms with van der Waals surface area (Å²) in [6.45, 7) is 12.6. The zero-order valence-corrected chi connectivity index (χ0v) is 37.7. The standard InChI is InChI=1S/C45H70ClNO12/c1-11-32-19-25(2)18-26(3)20-38(55-9)41-39(56-10)22-28(5)45(53,59-41)42(50)43(51)47-17-13-12-14-34(47)44(52)58-40(29(6)36(24-35(32)49)57-30(7)48)27(4)21-31-15-16-33(46)37(23-31)54-8/h19,21,26,28-29,31-34,36-41,53H,11-18,20,22-24H2,1-10H3/b25-19+,27-21+/t26-,28+,29-,31?,32+,33-,34-,36-,37+,38-,39-,40+,41+,45+/m0/s1. The van der Waals surface area contributed by atoms with Crippen LogP contribution in [0.2, 0.25) is 0 Å². The minimum atomic E-state index is -2.51. The van der Waals surface area contributed by atoms with E-state index < -0.39 is 83.7 Å². The molecule has 3 heterocycles. The predicted octanol–water partition coefficient (Wildman–Crippen LogP) is 6.29. The summed E-state index contributed by atoms with van der Waals surface area (Å²) in [4.78, 5) is 71.1. The molecule has 0 aromatic rings. The Balaban J connectivity index is 1.82. The number of rotatable bonds is 7. The zero-order valence-electron chi connectivity index (χ0n) is 36.9. The number of Topliss-reactive ketones (excluding diaryl/α,β-unsaturated/α-hetero) is 2. The molecule has 4 rings (SSSR count). The van der Waals surface area contributed by atoms with E-state index in [1.54, 1.807) is 21.0 Å². The molecule has 3 aliphatic heterocycles.